The summed E-state index contributed by atoms with van der Waals surface area (Å²) in [5.74, 6) is 1.50. The van der Waals surface area contributed by atoms with E-state index in [0.29, 0.717) is 5.92 Å². The van der Waals surface area contributed by atoms with E-state index in [1.807, 2.05) is 0 Å². The third kappa shape index (κ3) is 2.91. The van der Waals surface area contributed by atoms with Crippen molar-refractivity contribution in [3.63, 3.8) is 0 Å². The Hall–Kier alpha value is -0.860. The maximum atomic E-state index is 10.6. The third-order valence-corrected chi connectivity index (χ3v) is 5.42. The zero-order chi connectivity index (χ0) is 14.0. The van der Waals surface area contributed by atoms with Gasteiger partial charge in [0.1, 0.15) is 0 Å². The number of hydrogen-bond acceptors (Lipinski definition) is 2. The van der Waals surface area contributed by atoms with Crippen molar-refractivity contribution >= 4 is 0 Å². The van der Waals surface area contributed by atoms with Crippen LogP contribution in [-0.2, 0) is 6.42 Å². The van der Waals surface area contributed by atoms with Crippen LogP contribution in [0, 0.1) is 5.92 Å². The molecule has 0 aromatic heterocycles. The SMILES string of the molecule is CCC1CCC(O)(CNCC2Cc3ccccc32)CC1. The molecule has 0 amide bonds. The van der Waals surface area contributed by atoms with Crippen LogP contribution < -0.4 is 5.32 Å². The lowest BCUT2D eigenvalue weighted by atomic mass is 9.76. The maximum Gasteiger partial charge on any atom is 0.0771 e. The monoisotopic (exact) mass is 273 g/mol. The smallest absolute Gasteiger partial charge is 0.0771 e. The fraction of sp³-hybridized carbons (Fsp3) is 0.667. The third-order valence-electron chi connectivity index (χ3n) is 5.42. The average molecular weight is 273 g/mol. The average Bonchev–Trinajstić information content (AvgIpc) is 2.45. The molecular formula is C18H27NO. The Labute approximate surface area is 122 Å². The van der Waals surface area contributed by atoms with Crippen LogP contribution in [0.5, 0.6) is 0 Å². The van der Waals surface area contributed by atoms with E-state index in [1.54, 1.807) is 0 Å². The van der Waals surface area contributed by atoms with Gasteiger partial charge in [-0.3, -0.25) is 0 Å². The molecule has 0 bridgehead atoms. The molecule has 2 nitrogen and oxygen atoms in total. The quantitative estimate of drug-likeness (QED) is 0.863. The summed E-state index contributed by atoms with van der Waals surface area (Å²) >= 11 is 0. The minimum absolute atomic E-state index is 0.449. The van der Waals surface area contributed by atoms with Gasteiger partial charge in [-0.2, -0.15) is 0 Å². The summed E-state index contributed by atoms with van der Waals surface area (Å²) in [4.78, 5) is 0. The molecule has 2 aliphatic carbocycles. The van der Waals surface area contributed by atoms with Gasteiger partial charge in [-0.1, -0.05) is 37.6 Å². The van der Waals surface area contributed by atoms with Crippen molar-refractivity contribution < 1.29 is 5.11 Å². The first-order chi connectivity index (χ1) is 9.70. The number of aliphatic hydroxyl groups is 1. The van der Waals surface area contributed by atoms with Gasteiger partial charge in [-0.05, 0) is 49.1 Å². The van der Waals surface area contributed by atoms with E-state index >= 15 is 0 Å². The molecule has 0 spiro atoms. The molecule has 0 saturated heterocycles. The lowest BCUT2D eigenvalue weighted by Crippen LogP contribution is -2.45. The van der Waals surface area contributed by atoms with E-state index in [-0.39, 0.29) is 0 Å². The molecule has 1 saturated carbocycles. The minimum Gasteiger partial charge on any atom is -0.389 e. The van der Waals surface area contributed by atoms with E-state index in [4.69, 9.17) is 0 Å². The lowest BCUT2D eigenvalue weighted by molar-refractivity contribution is -0.00876. The summed E-state index contributed by atoms with van der Waals surface area (Å²) in [5.41, 5.74) is 2.55. The number of hydrogen-bond donors (Lipinski definition) is 2. The van der Waals surface area contributed by atoms with Crippen molar-refractivity contribution in [2.45, 2.75) is 57.0 Å². The van der Waals surface area contributed by atoms with E-state index in [1.165, 1.54) is 36.8 Å². The van der Waals surface area contributed by atoms with Crippen molar-refractivity contribution in [2.24, 2.45) is 5.92 Å². The largest absolute Gasteiger partial charge is 0.389 e. The molecule has 2 heteroatoms. The van der Waals surface area contributed by atoms with Gasteiger partial charge in [0.2, 0.25) is 0 Å². The van der Waals surface area contributed by atoms with Crippen LogP contribution >= 0.6 is 0 Å². The Kier molecular flexibility index (Phi) is 4.13. The topological polar surface area (TPSA) is 32.3 Å². The molecule has 110 valence electrons. The predicted molar refractivity (Wildman–Crippen MR) is 83.0 cm³/mol. The first kappa shape index (κ1) is 14.1. The van der Waals surface area contributed by atoms with Crippen LogP contribution in [-0.4, -0.2) is 23.8 Å². The molecule has 20 heavy (non-hydrogen) atoms. The van der Waals surface area contributed by atoms with Crippen LogP contribution in [0.15, 0.2) is 24.3 Å². The van der Waals surface area contributed by atoms with E-state index in [2.05, 4.69) is 36.5 Å². The zero-order valence-electron chi connectivity index (χ0n) is 12.6. The summed E-state index contributed by atoms with van der Waals surface area (Å²) in [5, 5.41) is 14.1. The molecule has 2 aliphatic rings. The van der Waals surface area contributed by atoms with Gasteiger partial charge in [0, 0.05) is 19.0 Å². The molecule has 0 aliphatic heterocycles. The van der Waals surface area contributed by atoms with E-state index < -0.39 is 5.60 Å². The van der Waals surface area contributed by atoms with Gasteiger partial charge in [0.05, 0.1) is 5.60 Å². The van der Waals surface area contributed by atoms with Crippen LogP contribution in [0.2, 0.25) is 0 Å². The second-order valence-corrected chi connectivity index (χ2v) is 6.81. The van der Waals surface area contributed by atoms with Crippen molar-refractivity contribution in [2.75, 3.05) is 13.1 Å². The predicted octanol–water partition coefficient (Wildman–Crippen LogP) is 3.25. The molecule has 1 atom stereocenters. The fourth-order valence-corrected chi connectivity index (χ4v) is 3.82. The Morgan fingerprint density at radius 3 is 2.70 bits per heavy atom. The van der Waals surface area contributed by atoms with Gasteiger partial charge < -0.3 is 10.4 Å². The van der Waals surface area contributed by atoms with Crippen LogP contribution in [0.4, 0.5) is 0 Å². The molecule has 0 radical (unpaired) electrons. The summed E-state index contributed by atoms with van der Waals surface area (Å²) in [7, 11) is 0. The number of nitrogens with one attached hydrogen (secondary N) is 1. The number of benzene rings is 1. The van der Waals surface area contributed by atoms with Gasteiger partial charge in [0.15, 0.2) is 0 Å². The molecule has 1 aromatic rings. The summed E-state index contributed by atoms with van der Waals surface area (Å²) in [6.07, 6.45) is 6.79. The molecule has 1 aromatic carbocycles. The minimum atomic E-state index is -0.449. The van der Waals surface area contributed by atoms with Gasteiger partial charge in [-0.15, -0.1) is 0 Å². The highest BCUT2D eigenvalue weighted by Gasteiger charge is 2.33. The standard InChI is InChI=1S/C18H27NO/c1-2-14-7-9-18(20,10-8-14)13-19-12-16-11-15-5-3-4-6-17(15)16/h3-6,14,16,19-20H,2,7-13H2,1H3. The van der Waals surface area contributed by atoms with Crippen LogP contribution in [0.25, 0.3) is 0 Å². The van der Waals surface area contributed by atoms with Gasteiger partial charge >= 0.3 is 0 Å². The number of rotatable bonds is 5. The second-order valence-electron chi connectivity index (χ2n) is 6.81. The summed E-state index contributed by atoms with van der Waals surface area (Å²) in [6.45, 7) is 4.04. The Morgan fingerprint density at radius 1 is 1.25 bits per heavy atom. The zero-order valence-corrected chi connectivity index (χ0v) is 12.6. The fourth-order valence-electron chi connectivity index (χ4n) is 3.82. The normalized spacial score (nSPS) is 32.5. The highest BCUT2D eigenvalue weighted by atomic mass is 16.3. The maximum absolute atomic E-state index is 10.6. The van der Waals surface area contributed by atoms with Crippen molar-refractivity contribution in [3.05, 3.63) is 35.4 Å². The van der Waals surface area contributed by atoms with Crippen molar-refractivity contribution in [1.82, 2.24) is 5.32 Å². The summed E-state index contributed by atoms with van der Waals surface area (Å²) < 4.78 is 0. The van der Waals surface area contributed by atoms with E-state index in [0.717, 1.165) is 31.8 Å². The molecule has 1 fully saturated rings. The molecule has 0 heterocycles. The highest BCUT2D eigenvalue weighted by Crippen LogP contribution is 2.35. The van der Waals surface area contributed by atoms with Crippen LogP contribution in [0.1, 0.15) is 56.1 Å². The second kappa shape index (κ2) is 5.87. The molecule has 3 rings (SSSR count). The van der Waals surface area contributed by atoms with E-state index in [9.17, 15) is 5.11 Å². The van der Waals surface area contributed by atoms with Crippen molar-refractivity contribution in [1.29, 1.82) is 0 Å². The first-order valence-corrected chi connectivity index (χ1v) is 8.21. The Bertz CT molecular complexity index is 448. The lowest BCUT2D eigenvalue weighted by Gasteiger charge is -2.37. The number of fused-ring (bicyclic) bond motifs is 1. The summed E-state index contributed by atoms with van der Waals surface area (Å²) in [6, 6.07) is 8.72. The first-order valence-electron chi connectivity index (χ1n) is 8.21. The Morgan fingerprint density at radius 2 is 2.00 bits per heavy atom. The van der Waals surface area contributed by atoms with Gasteiger partial charge in [0.25, 0.3) is 0 Å². The van der Waals surface area contributed by atoms with Crippen LogP contribution in [0.3, 0.4) is 0 Å². The van der Waals surface area contributed by atoms with Crippen molar-refractivity contribution in [3.8, 4) is 0 Å². The molecule has 1 unspecified atom stereocenters. The molecule has 2 N–H and O–H groups in total. The van der Waals surface area contributed by atoms with Gasteiger partial charge in [-0.25, -0.2) is 0 Å². The molecular weight excluding hydrogens is 246 g/mol. The Balaban J connectivity index is 1.43. The highest BCUT2D eigenvalue weighted by molar-refractivity contribution is 5.40.